The Labute approximate surface area is 861 Å². The third-order valence-electron chi connectivity index (χ3n) is 24.5. The average Bonchev–Trinajstić information content (AvgIpc) is 1.36. The number of ether oxygens (including phenoxy) is 2. The first kappa shape index (κ1) is 113. The van der Waals surface area contributed by atoms with Crippen LogP contribution < -0.4 is 42.8 Å². The summed E-state index contributed by atoms with van der Waals surface area (Å²) in [5.41, 5.74) is 30.7. The van der Waals surface area contributed by atoms with E-state index in [0.717, 1.165) is 80.3 Å². The smallest absolute Gasteiger partial charge is 0.416 e. The Hall–Kier alpha value is -15.6. The minimum Gasteiger partial charge on any atom is -0.465 e. The number of pyridine rings is 1. The summed E-state index contributed by atoms with van der Waals surface area (Å²) in [7, 11) is 1.34. The fourth-order valence-electron chi connectivity index (χ4n) is 15.4. The number of carbonyl (C=O) groups excluding carboxylic acids is 8. The lowest BCUT2D eigenvalue weighted by Gasteiger charge is -2.19. The van der Waals surface area contributed by atoms with Gasteiger partial charge in [0, 0.05) is 89.6 Å². The van der Waals surface area contributed by atoms with E-state index in [9.17, 15) is 51.5 Å². The number of anilines is 6. The molecule has 2 heterocycles. The Balaban J connectivity index is 0.000000181. The van der Waals surface area contributed by atoms with Gasteiger partial charge < -0.3 is 57.6 Å². The number of nitrogen functional groups attached to an aromatic ring is 1. The van der Waals surface area contributed by atoms with E-state index in [1.165, 1.54) is 63.6 Å². The van der Waals surface area contributed by atoms with Crippen LogP contribution in [0.2, 0.25) is 0 Å². The molecule has 11 N–H and O–H groups in total. The van der Waals surface area contributed by atoms with Gasteiger partial charge >= 0.3 is 18.1 Å². The minimum absolute atomic E-state index is 0.00152. The summed E-state index contributed by atoms with van der Waals surface area (Å²) in [5.74, 6) is -0.530. The standard InChI is InChI=1S/C23H25NO.C22H24N2O2.C21H25NO3.C20H24N2O2.C20H25NO2.C18H15F3N2O/c1-23(2,3)20-12-8-17(9-13-20)10-15-22(25)24-21-14-11-18-6-4-5-7-19(18)16-21;1-22(2,3)17-11-7-15(8-12-17)9-14-20(25)26-18-6-4-5-16-10-13-19(23)24-21(16)18;1-21(2,3)17-10-5-15(6-11-17)7-14-19(23)22-18-12-8-16(9-13-18)20(24)25-4;1-20(2,3)16-9-4-14(5-10-16)6-13-18(23)22-17-11-7-15(8-12-17)19(21)24;1-20(2,3)17-9-4-15(5-10-17)8-13-19(23)21-18-11-6-16(14-22)7-12-18;19-18(20,21)14-5-1-12(2-6-14)3-8-17(24)23-15-7-4-13-9-10-22-16(13)11-15/h4-9,11-14,16H,10,15H2,1-3H3,(H,24,25);4-8,10-13H,9,14H2,1-3H3,(H2,23,24);5-6,8-13H,7,14H2,1-4H3,(H,22,23);4-5,7-12H,6,13H2,1-3H3,(H2,21,24)(H,22,23);4-7,9-12,22H,8,13-14H2,1-3H3,(H,21,23);1-2,4-7,9-11,22H,3,8H2,(H,23,24). The quantitative estimate of drug-likeness (QED) is 0.0171. The zero-order valence-electron chi connectivity index (χ0n) is 87.1. The molecule has 0 aliphatic rings. The molecule has 23 heteroatoms. The van der Waals surface area contributed by atoms with Gasteiger partial charge in [-0.05, 0) is 270 Å². The molecule has 0 saturated heterocycles. The number of amides is 6. The number of nitrogens with two attached hydrogens (primary N) is 2. The number of nitrogens with zero attached hydrogens (tertiary/aromatic N) is 1. The Morgan fingerprint density at radius 3 is 0.986 bits per heavy atom. The number of hydrogen-bond donors (Lipinski definition) is 9. The topological polar surface area (TPSA) is 316 Å². The van der Waals surface area contributed by atoms with Gasteiger partial charge in [0.2, 0.25) is 35.4 Å². The maximum atomic E-state index is 12.5. The van der Waals surface area contributed by atoms with Crippen LogP contribution in [0, 0.1) is 0 Å². The monoisotopic (exact) mass is 1990 g/mol. The second-order valence-corrected chi connectivity index (χ2v) is 41.4. The molecule has 0 bridgehead atoms. The van der Waals surface area contributed by atoms with E-state index in [1.54, 1.807) is 72.8 Å². The summed E-state index contributed by atoms with van der Waals surface area (Å²) in [4.78, 5) is 102. The third kappa shape index (κ3) is 37.8. The number of aromatic nitrogens is 2. The first-order valence-corrected chi connectivity index (χ1v) is 49.4. The molecule has 0 aliphatic carbocycles. The lowest BCUT2D eigenvalue weighted by Crippen LogP contribution is -2.14. The van der Waals surface area contributed by atoms with Crippen molar-refractivity contribution in [3.05, 3.63) is 405 Å². The maximum absolute atomic E-state index is 12.5. The van der Waals surface area contributed by atoms with Crippen LogP contribution in [0.25, 0.3) is 32.6 Å². The number of methoxy groups -OCH3 is 1. The molecular weight excluding hydrogens is 1850 g/mol. The lowest BCUT2D eigenvalue weighted by molar-refractivity contribution is -0.137. The van der Waals surface area contributed by atoms with Crippen molar-refractivity contribution < 1.29 is 66.1 Å². The summed E-state index contributed by atoms with van der Waals surface area (Å²) in [6, 6.07) is 98.3. The largest absolute Gasteiger partial charge is 0.465 e. The second-order valence-electron chi connectivity index (χ2n) is 41.4. The van der Waals surface area contributed by atoms with E-state index in [1.807, 2.05) is 91.1 Å². The number of primary amides is 1. The number of esters is 2. The van der Waals surface area contributed by atoms with Crippen LogP contribution in [0.15, 0.2) is 322 Å². The molecule has 0 fully saturated rings. The number of aliphatic hydroxyl groups excluding tert-OH is 1. The van der Waals surface area contributed by atoms with E-state index < -0.39 is 23.6 Å². The predicted octanol–water partition coefficient (Wildman–Crippen LogP) is 27.2. The number of benzene rings is 13. The number of alkyl halides is 3. The van der Waals surface area contributed by atoms with Gasteiger partial charge in [0.1, 0.15) is 11.3 Å². The summed E-state index contributed by atoms with van der Waals surface area (Å²) < 4.78 is 47.7. The summed E-state index contributed by atoms with van der Waals surface area (Å²) >= 11 is 0. The van der Waals surface area contributed by atoms with Crippen molar-refractivity contribution in [2.24, 2.45) is 5.73 Å². The van der Waals surface area contributed by atoms with Gasteiger partial charge in [-0.1, -0.05) is 298 Å². The lowest BCUT2D eigenvalue weighted by atomic mass is 9.86. The highest BCUT2D eigenvalue weighted by Crippen LogP contribution is 2.33. The minimum atomic E-state index is -4.34. The molecule has 0 radical (unpaired) electrons. The highest BCUT2D eigenvalue weighted by molar-refractivity contribution is 5.98. The van der Waals surface area contributed by atoms with E-state index in [2.05, 4.69) is 279 Å². The highest BCUT2D eigenvalue weighted by Gasteiger charge is 2.30. The Kier molecular flexibility index (Phi) is 40.7. The number of carbonyl (C=O) groups is 8. The van der Waals surface area contributed by atoms with Crippen molar-refractivity contribution in [3.8, 4) is 5.75 Å². The SMILES string of the molecule is CC(C)(C)c1ccc(CCC(=O)Nc2ccc(C(N)=O)cc2)cc1.CC(C)(C)c1ccc(CCC(=O)Nc2ccc(CO)cc2)cc1.CC(C)(C)c1ccc(CCC(=O)Nc2ccc3ccccc3c2)cc1.CC(C)(C)c1ccc(CCC(=O)Oc2cccc3ccc(N)nc23)cc1.COC(=O)c1ccc(NC(=O)CCc2ccc(C(C)(C)C)cc2)cc1.O=C(CCc1ccc(C(F)(F)F)cc1)Nc1ccc2cc[nH]c2c1. The van der Waals surface area contributed by atoms with Gasteiger partial charge in [-0.2, -0.15) is 13.2 Å². The molecule has 2 aromatic heterocycles. The molecule has 15 aromatic rings. The number of para-hydroxylation sites is 1. The van der Waals surface area contributed by atoms with Crippen molar-refractivity contribution in [2.45, 2.75) is 221 Å². The molecule has 766 valence electrons. The molecule has 147 heavy (non-hydrogen) atoms. The Bertz CT molecular complexity index is 6880. The van der Waals surface area contributed by atoms with Gasteiger partial charge in [0.15, 0.2) is 5.75 Å². The van der Waals surface area contributed by atoms with Gasteiger partial charge in [0.05, 0.1) is 24.8 Å². The number of aryl methyl sites for hydroxylation is 6. The summed E-state index contributed by atoms with van der Waals surface area (Å²) in [5, 5.41) is 27.6. The first-order chi connectivity index (χ1) is 69.6. The van der Waals surface area contributed by atoms with Crippen LogP contribution in [0.5, 0.6) is 5.75 Å². The van der Waals surface area contributed by atoms with Crippen molar-refractivity contribution in [1.82, 2.24) is 9.97 Å². The molecular formula is C124H138F3N9O11. The predicted molar refractivity (Wildman–Crippen MR) is 589 cm³/mol. The van der Waals surface area contributed by atoms with Crippen molar-refractivity contribution in [2.75, 3.05) is 39.4 Å². The zero-order chi connectivity index (χ0) is 107. The van der Waals surface area contributed by atoms with Gasteiger partial charge in [-0.25, -0.2) is 9.78 Å². The number of hydrogen-bond acceptors (Lipinski definition) is 13. The molecule has 0 aliphatic heterocycles. The molecule has 13 aromatic carbocycles. The molecule has 0 spiro atoms. The normalized spacial score (nSPS) is 11.3. The first-order valence-electron chi connectivity index (χ1n) is 49.4. The van der Waals surface area contributed by atoms with Crippen LogP contribution in [0.3, 0.4) is 0 Å². The van der Waals surface area contributed by atoms with E-state index in [-0.39, 0.29) is 75.6 Å². The van der Waals surface area contributed by atoms with Crippen LogP contribution in [0.1, 0.15) is 235 Å². The third-order valence-corrected chi connectivity index (χ3v) is 24.5. The van der Waals surface area contributed by atoms with Gasteiger partial charge in [-0.15, -0.1) is 0 Å². The van der Waals surface area contributed by atoms with Gasteiger partial charge in [0.25, 0.3) is 0 Å². The average molecular weight is 1990 g/mol. The Morgan fingerprint density at radius 1 is 0.327 bits per heavy atom. The molecule has 15 rings (SSSR count). The summed E-state index contributed by atoms with van der Waals surface area (Å²) in [6.07, 6.45) is 3.65. The fraction of sp³-hybridized carbons (Fsp3) is 0.282. The van der Waals surface area contributed by atoms with E-state index in [4.69, 9.17) is 21.3 Å². The summed E-state index contributed by atoms with van der Waals surface area (Å²) in [6.45, 7) is 32.8. The molecule has 6 amide bonds. The molecule has 0 atom stereocenters. The van der Waals surface area contributed by atoms with E-state index in [0.29, 0.717) is 109 Å². The Morgan fingerprint density at radius 2 is 0.633 bits per heavy atom. The number of aliphatic hydroxyl groups is 1. The zero-order valence-corrected chi connectivity index (χ0v) is 87.1. The second kappa shape index (κ2) is 52.8. The number of H-pyrrole nitrogens is 1. The molecule has 0 saturated carbocycles. The van der Waals surface area contributed by atoms with Crippen LogP contribution in [-0.4, -0.2) is 69.6 Å². The number of halogens is 3. The van der Waals surface area contributed by atoms with Crippen LogP contribution in [0.4, 0.5) is 47.4 Å². The van der Waals surface area contributed by atoms with Crippen molar-refractivity contribution >= 4 is 114 Å². The fourth-order valence-corrected chi connectivity index (χ4v) is 15.4. The maximum Gasteiger partial charge on any atom is 0.416 e. The number of fused-ring (bicyclic) bond motifs is 3. The van der Waals surface area contributed by atoms with Crippen molar-refractivity contribution in [1.29, 1.82) is 0 Å². The number of aromatic amines is 1. The number of nitrogens with one attached hydrogen (secondary N) is 6. The molecule has 20 nitrogen and oxygen atoms in total. The highest BCUT2D eigenvalue weighted by atomic mass is 19.4. The van der Waals surface area contributed by atoms with Crippen LogP contribution >= 0.6 is 0 Å². The van der Waals surface area contributed by atoms with E-state index >= 15 is 0 Å². The van der Waals surface area contributed by atoms with Crippen molar-refractivity contribution in [3.63, 3.8) is 0 Å². The van der Waals surface area contributed by atoms with Gasteiger partial charge in [-0.3, -0.25) is 33.6 Å². The molecule has 0 unspecified atom stereocenters. The number of rotatable bonds is 27. The van der Waals surface area contributed by atoms with Crippen LogP contribution in [-0.2, 0) is 112 Å².